The maximum absolute atomic E-state index is 5.80. The zero-order valence-electron chi connectivity index (χ0n) is 11.4. The maximum atomic E-state index is 5.80. The Labute approximate surface area is 122 Å². The summed E-state index contributed by atoms with van der Waals surface area (Å²) in [6.07, 6.45) is 0.0290. The fourth-order valence-electron chi connectivity index (χ4n) is 3.66. The lowest BCUT2D eigenvalue weighted by atomic mass is 9.89. The molecule has 0 radical (unpaired) electrons. The monoisotopic (exact) mass is 271 g/mol. The largest absolute Gasteiger partial charge is 0.386 e. The van der Waals surface area contributed by atoms with Crippen LogP contribution in [0.5, 0.6) is 0 Å². The first-order valence-electron chi connectivity index (χ1n) is 7.24. The molecule has 0 aromatic heterocycles. The van der Waals surface area contributed by atoms with Gasteiger partial charge in [0.05, 0.1) is 11.6 Å². The highest BCUT2D eigenvalue weighted by Gasteiger charge is 2.43. The van der Waals surface area contributed by atoms with Crippen LogP contribution in [-0.4, -0.2) is 5.71 Å². The molecule has 1 heterocycles. The van der Waals surface area contributed by atoms with Gasteiger partial charge in [-0.3, -0.25) is 0 Å². The average molecular weight is 271 g/mol. The lowest BCUT2D eigenvalue weighted by Gasteiger charge is -2.11. The van der Waals surface area contributed by atoms with Crippen LogP contribution in [0.4, 0.5) is 0 Å². The summed E-state index contributed by atoms with van der Waals surface area (Å²) in [4.78, 5) is 5.80. The Hall–Kier alpha value is -2.61. The van der Waals surface area contributed by atoms with E-state index in [0.29, 0.717) is 0 Å². The van der Waals surface area contributed by atoms with Crippen LogP contribution in [0, 0.1) is 0 Å². The van der Waals surface area contributed by atoms with Crippen molar-refractivity contribution >= 4 is 16.5 Å². The Balaban J connectivity index is 1.75. The summed E-state index contributed by atoms with van der Waals surface area (Å²) in [5.41, 5.74) is 4.80. The van der Waals surface area contributed by atoms with E-state index in [0.717, 1.165) is 11.3 Å². The topological polar surface area (TPSA) is 21.6 Å². The van der Waals surface area contributed by atoms with Gasteiger partial charge >= 0.3 is 0 Å². The standard InChI is InChI=1S/C19H13NO/c1-2-6-13(7-3-1)18-17-14-10-4-8-12-9-5-11-15(16(12)14)19(17)21-20-18/h1-11,17,19H. The van der Waals surface area contributed by atoms with E-state index in [1.54, 1.807) is 0 Å². The number of hydrogen-bond donors (Lipinski definition) is 0. The van der Waals surface area contributed by atoms with Gasteiger partial charge in [-0.2, -0.15) is 0 Å². The van der Waals surface area contributed by atoms with Crippen molar-refractivity contribution in [3.8, 4) is 0 Å². The smallest absolute Gasteiger partial charge is 0.165 e. The SMILES string of the molecule is c1ccc(C2=NOC3c4cccc5cccc(c45)C23)cc1. The molecule has 0 fully saturated rings. The average Bonchev–Trinajstić information content (AvgIpc) is 3.10. The predicted molar refractivity (Wildman–Crippen MR) is 83.5 cm³/mol. The van der Waals surface area contributed by atoms with Crippen molar-refractivity contribution in [2.24, 2.45) is 5.16 Å². The van der Waals surface area contributed by atoms with Crippen molar-refractivity contribution in [2.75, 3.05) is 0 Å². The first-order valence-corrected chi connectivity index (χ1v) is 7.24. The van der Waals surface area contributed by atoms with Crippen molar-refractivity contribution in [2.45, 2.75) is 12.0 Å². The molecular formula is C19H13NO. The number of oxime groups is 1. The first-order chi connectivity index (χ1) is 10.4. The van der Waals surface area contributed by atoms with Crippen molar-refractivity contribution in [1.82, 2.24) is 0 Å². The molecule has 2 heteroatoms. The Kier molecular flexibility index (Phi) is 2.09. The van der Waals surface area contributed by atoms with E-state index in [2.05, 4.69) is 53.7 Å². The highest BCUT2D eigenvalue weighted by atomic mass is 16.6. The third kappa shape index (κ3) is 1.39. The molecule has 2 nitrogen and oxygen atoms in total. The molecule has 2 unspecified atom stereocenters. The molecule has 21 heavy (non-hydrogen) atoms. The molecule has 0 amide bonds. The van der Waals surface area contributed by atoms with Crippen LogP contribution in [0.2, 0.25) is 0 Å². The van der Waals surface area contributed by atoms with Crippen LogP contribution in [0.25, 0.3) is 10.8 Å². The second-order valence-corrected chi connectivity index (χ2v) is 5.64. The molecule has 0 saturated heterocycles. The third-order valence-corrected chi connectivity index (χ3v) is 4.54. The minimum atomic E-state index is 0.0290. The van der Waals surface area contributed by atoms with E-state index in [4.69, 9.17) is 4.84 Å². The predicted octanol–water partition coefficient (Wildman–Crippen LogP) is 4.41. The van der Waals surface area contributed by atoms with E-state index >= 15 is 0 Å². The van der Waals surface area contributed by atoms with Gasteiger partial charge in [-0.05, 0) is 16.3 Å². The Bertz CT molecular complexity index is 877. The summed E-state index contributed by atoms with van der Waals surface area (Å²) in [7, 11) is 0. The second kappa shape index (κ2) is 3.95. The highest BCUT2D eigenvalue weighted by Crippen LogP contribution is 2.51. The zero-order chi connectivity index (χ0) is 13.8. The molecule has 5 rings (SSSR count). The van der Waals surface area contributed by atoms with Crippen molar-refractivity contribution in [3.63, 3.8) is 0 Å². The molecule has 0 N–H and O–H groups in total. The van der Waals surface area contributed by atoms with Gasteiger partial charge < -0.3 is 4.84 Å². The minimum Gasteiger partial charge on any atom is -0.386 e. The third-order valence-electron chi connectivity index (χ3n) is 4.54. The molecule has 100 valence electrons. The van der Waals surface area contributed by atoms with Crippen LogP contribution < -0.4 is 0 Å². The fourth-order valence-corrected chi connectivity index (χ4v) is 3.66. The lowest BCUT2D eigenvalue weighted by molar-refractivity contribution is 0.0808. The molecule has 0 saturated carbocycles. The molecule has 0 bridgehead atoms. The van der Waals surface area contributed by atoms with Gasteiger partial charge in [-0.25, -0.2) is 0 Å². The van der Waals surface area contributed by atoms with E-state index in [9.17, 15) is 0 Å². The number of benzene rings is 3. The molecule has 2 aliphatic rings. The second-order valence-electron chi connectivity index (χ2n) is 5.64. The molecule has 3 aromatic carbocycles. The number of rotatable bonds is 1. The summed E-state index contributed by atoms with van der Waals surface area (Å²) in [5, 5.41) is 7.03. The molecule has 0 spiro atoms. The van der Waals surface area contributed by atoms with Crippen LogP contribution in [0.15, 0.2) is 71.9 Å². The van der Waals surface area contributed by atoms with Gasteiger partial charge in [0.15, 0.2) is 6.10 Å². The van der Waals surface area contributed by atoms with Crippen molar-refractivity contribution < 1.29 is 4.84 Å². The van der Waals surface area contributed by atoms with Crippen LogP contribution in [-0.2, 0) is 4.84 Å². The highest BCUT2D eigenvalue weighted by molar-refractivity contribution is 6.10. The molecular weight excluding hydrogens is 258 g/mol. The van der Waals surface area contributed by atoms with Crippen LogP contribution >= 0.6 is 0 Å². The first kappa shape index (κ1) is 11.1. The summed E-state index contributed by atoms with van der Waals surface area (Å²) in [5.74, 6) is 0.216. The number of fused-ring (bicyclic) bond motifs is 3. The summed E-state index contributed by atoms with van der Waals surface area (Å²) in [6.45, 7) is 0. The molecule has 3 aromatic rings. The molecule has 1 aliphatic carbocycles. The Morgan fingerprint density at radius 1 is 0.762 bits per heavy atom. The van der Waals surface area contributed by atoms with E-state index < -0.39 is 0 Å². The van der Waals surface area contributed by atoms with Gasteiger partial charge in [0, 0.05) is 11.1 Å². The zero-order valence-corrected chi connectivity index (χ0v) is 11.4. The summed E-state index contributed by atoms with van der Waals surface area (Å²) in [6, 6.07) is 23.3. The Morgan fingerprint density at radius 2 is 1.52 bits per heavy atom. The van der Waals surface area contributed by atoms with Crippen molar-refractivity contribution in [1.29, 1.82) is 0 Å². The molecule has 1 aliphatic heterocycles. The number of hydrogen-bond acceptors (Lipinski definition) is 2. The lowest BCUT2D eigenvalue weighted by Crippen LogP contribution is -2.11. The van der Waals surface area contributed by atoms with Crippen molar-refractivity contribution in [3.05, 3.63) is 83.4 Å². The van der Waals surface area contributed by atoms with Gasteiger partial charge in [-0.15, -0.1) is 0 Å². The normalized spacial score (nSPS) is 22.0. The summed E-state index contributed by atoms with van der Waals surface area (Å²) < 4.78 is 0. The van der Waals surface area contributed by atoms with Crippen LogP contribution in [0.3, 0.4) is 0 Å². The van der Waals surface area contributed by atoms with Gasteiger partial charge in [0.2, 0.25) is 0 Å². The van der Waals surface area contributed by atoms with Gasteiger partial charge in [-0.1, -0.05) is 71.9 Å². The van der Waals surface area contributed by atoms with Gasteiger partial charge in [0.25, 0.3) is 0 Å². The molecule has 2 atom stereocenters. The van der Waals surface area contributed by atoms with Crippen LogP contribution in [0.1, 0.15) is 28.7 Å². The van der Waals surface area contributed by atoms with E-state index in [1.807, 2.05) is 18.2 Å². The summed E-state index contributed by atoms with van der Waals surface area (Å²) >= 11 is 0. The minimum absolute atomic E-state index is 0.0290. The fraction of sp³-hybridized carbons (Fsp3) is 0.105. The van der Waals surface area contributed by atoms with Gasteiger partial charge in [0.1, 0.15) is 0 Å². The number of nitrogens with zero attached hydrogens (tertiary/aromatic N) is 1. The van der Waals surface area contributed by atoms with E-state index in [-0.39, 0.29) is 12.0 Å². The Morgan fingerprint density at radius 3 is 2.33 bits per heavy atom. The quantitative estimate of drug-likeness (QED) is 0.642. The maximum Gasteiger partial charge on any atom is 0.165 e. The van der Waals surface area contributed by atoms with E-state index in [1.165, 1.54) is 21.9 Å².